The number of Topliss-reactive ketones (excluding diaryl/α,β-unsaturated/α-hetero) is 1. The van der Waals surface area contributed by atoms with E-state index in [0.29, 0.717) is 23.3 Å². The first-order valence-electron chi connectivity index (χ1n) is 9.22. The summed E-state index contributed by atoms with van der Waals surface area (Å²) in [6, 6.07) is 5.69. The maximum absolute atomic E-state index is 12.8. The zero-order valence-electron chi connectivity index (χ0n) is 16.5. The fourth-order valence-corrected chi connectivity index (χ4v) is 4.12. The van der Waals surface area contributed by atoms with Crippen LogP contribution in [-0.2, 0) is 13.1 Å². The van der Waals surface area contributed by atoms with Crippen LogP contribution in [0, 0.1) is 19.8 Å². The molecule has 0 unspecified atom stereocenters. The molecule has 0 aliphatic heterocycles. The predicted molar refractivity (Wildman–Crippen MR) is 107 cm³/mol. The monoisotopic (exact) mass is 386 g/mol. The summed E-state index contributed by atoms with van der Waals surface area (Å²) < 4.78 is 9.69. The number of furan rings is 1. The topological polar surface area (TPSA) is 65.8 Å². The number of hydrogen-bond acceptors (Lipinski definition) is 5. The van der Waals surface area contributed by atoms with Crippen LogP contribution in [0.4, 0.5) is 0 Å². The molecule has 0 fully saturated rings. The Morgan fingerprint density at radius 2 is 2.04 bits per heavy atom. The van der Waals surface area contributed by atoms with Crippen molar-refractivity contribution in [3.63, 3.8) is 0 Å². The van der Waals surface area contributed by atoms with Gasteiger partial charge < -0.3 is 8.98 Å². The summed E-state index contributed by atoms with van der Waals surface area (Å²) in [4.78, 5) is 12.8. The lowest BCUT2D eigenvalue weighted by Gasteiger charge is -2.11. The Labute approximate surface area is 164 Å². The number of carbonyl (C=O) groups excluding carboxylic acids is 1. The summed E-state index contributed by atoms with van der Waals surface area (Å²) in [6.07, 6.45) is 1.63. The number of carbonyl (C=O) groups is 1. The minimum Gasteiger partial charge on any atom is -0.461 e. The van der Waals surface area contributed by atoms with Crippen LogP contribution in [0.1, 0.15) is 42.5 Å². The van der Waals surface area contributed by atoms with Gasteiger partial charge in [0.2, 0.25) is 0 Å². The van der Waals surface area contributed by atoms with Gasteiger partial charge in [-0.2, -0.15) is 0 Å². The summed E-state index contributed by atoms with van der Waals surface area (Å²) >= 11 is 1.43. The van der Waals surface area contributed by atoms with E-state index < -0.39 is 0 Å². The maximum atomic E-state index is 12.8. The molecule has 3 aromatic rings. The summed E-state index contributed by atoms with van der Waals surface area (Å²) in [7, 11) is 0. The number of nitrogens with zero attached hydrogens (tertiary/aromatic N) is 4. The molecule has 3 aromatic heterocycles. The molecule has 27 heavy (non-hydrogen) atoms. The molecule has 0 saturated heterocycles. The largest absolute Gasteiger partial charge is 0.461 e. The van der Waals surface area contributed by atoms with E-state index in [1.54, 1.807) is 6.26 Å². The fourth-order valence-electron chi connectivity index (χ4n) is 3.29. The lowest BCUT2D eigenvalue weighted by Crippen LogP contribution is -2.10. The van der Waals surface area contributed by atoms with Crippen molar-refractivity contribution in [2.24, 2.45) is 5.92 Å². The van der Waals surface area contributed by atoms with Gasteiger partial charge in [-0.25, -0.2) is 0 Å². The molecule has 0 aromatic carbocycles. The van der Waals surface area contributed by atoms with Gasteiger partial charge in [-0.15, -0.1) is 10.2 Å². The molecule has 0 aliphatic rings. The number of rotatable bonds is 8. The highest BCUT2D eigenvalue weighted by atomic mass is 32.2. The molecule has 0 aliphatic carbocycles. The predicted octanol–water partition coefficient (Wildman–Crippen LogP) is 4.61. The average Bonchev–Trinajstić information content (AvgIpc) is 3.32. The summed E-state index contributed by atoms with van der Waals surface area (Å²) in [6.45, 7) is 12.1. The Kier molecular flexibility index (Phi) is 5.89. The third-order valence-corrected chi connectivity index (χ3v) is 5.50. The molecule has 6 nitrogen and oxygen atoms in total. The number of aryl methyl sites for hydroxylation is 1. The third kappa shape index (κ3) is 4.03. The van der Waals surface area contributed by atoms with Crippen LogP contribution < -0.4 is 0 Å². The number of thioether (sulfide) groups is 1. The second-order valence-electron chi connectivity index (χ2n) is 7.03. The van der Waals surface area contributed by atoms with Crippen molar-refractivity contribution >= 4 is 17.5 Å². The molecule has 0 bridgehead atoms. The van der Waals surface area contributed by atoms with E-state index in [2.05, 4.69) is 35.5 Å². The highest BCUT2D eigenvalue weighted by Gasteiger charge is 2.20. The smallest absolute Gasteiger partial charge is 0.200 e. The van der Waals surface area contributed by atoms with Crippen LogP contribution in [0.2, 0.25) is 0 Å². The van der Waals surface area contributed by atoms with Crippen LogP contribution in [0.5, 0.6) is 0 Å². The van der Waals surface area contributed by atoms with Crippen LogP contribution >= 0.6 is 11.8 Å². The SMILES string of the molecule is CCn1c(C)cc(C(=O)CSc2nnc(-c3ccco3)n2CC(C)C)c1C. The van der Waals surface area contributed by atoms with Crippen molar-refractivity contribution in [1.82, 2.24) is 19.3 Å². The first-order chi connectivity index (χ1) is 12.9. The molecular weight excluding hydrogens is 360 g/mol. The van der Waals surface area contributed by atoms with Gasteiger partial charge in [0.1, 0.15) is 0 Å². The number of hydrogen-bond donors (Lipinski definition) is 0. The molecule has 144 valence electrons. The molecule has 0 radical (unpaired) electrons. The molecule has 7 heteroatoms. The van der Waals surface area contributed by atoms with Crippen LogP contribution in [0.3, 0.4) is 0 Å². The first kappa shape index (κ1) is 19.5. The van der Waals surface area contributed by atoms with Gasteiger partial charge in [-0.05, 0) is 44.9 Å². The lowest BCUT2D eigenvalue weighted by atomic mass is 10.2. The van der Waals surface area contributed by atoms with Gasteiger partial charge in [0.05, 0.1) is 12.0 Å². The van der Waals surface area contributed by atoms with Crippen LogP contribution in [0.15, 0.2) is 34.0 Å². The van der Waals surface area contributed by atoms with Crippen molar-refractivity contribution in [3.8, 4) is 11.6 Å². The molecule has 0 amide bonds. The van der Waals surface area contributed by atoms with E-state index in [-0.39, 0.29) is 5.78 Å². The minimum atomic E-state index is 0.117. The molecule has 0 saturated carbocycles. The van der Waals surface area contributed by atoms with Gasteiger partial charge in [0, 0.05) is 30.0 Å². The van der Waals surface area contributed by atoms with Gasteiger partial charge in [0.15, 0.2) is 22.5 Å². The van der Waals surface area contributed by atoms with Crippen molar-refractivity contribution in [2.75, 3.05) is 5.75 Å². The molecular formula is C20H26N4O2S. The Bertz CT molecular complexity index is 922. The van der Waals surface area contributed by atoms with Gasteiger partial charge in [-0.1, -0.05) is 25.6 Å². The zero-order valence-corrected chi connectivity index (χ0v) is 17.3. The number of aromatic nitrogens is 4. The van der Waals surface area contributed by atoms with Gasteiger partial charge in [0.25, 0.3) is 0 Å². The van der Waals surface area contributed by atoms with E-state index in [0.717, 1.165) is 35.2 Å². The van der Waals surface area contributed by atoms with Crippen molar-refractivity contribution in [1.29, 1.82) is 0 Å². The fraction of sp³-hybridized carbons (Fsp3) is 0.450. The molecule has 0 atom stereocenters. The Balaban J connectivity index is 1.81. The summed E-state index contributed by atoms with van der Waals surface area (Å²) in [5.41, 5.74) is 2.94. The molecule has 0 N–H and O–H groups in total. The normalized spacial score (nSPS) is 11.5. The van der Waals surface area contributed by atoms with Crippen molar-refractivity contribution < 1.29 is 9.21 Å². The van der Waals surface area contributed by atoms with E-state index in [4.69, 9.17) is 4.42 Å². The highest BCUT2D eigenvalue weighted by Crippen LogP contribution is 2.26. The third-order valence-electron chi connectivity index (χ3n) is 4.53. The van der Waals surface area contributed by atoms with Crippen molar-refractivity contribution in [3.05, 3.63) is 41.4 Å². The maximum Gasteiger partial charge on any atom is 0.200 e. The lowest BCUT2D eigenvalue weighted by molar-refractivity contribution is 0.102. The van der Waals surface area contributed by atoms with E-state index >= 15 is 0 Å². The second-order valence-corrected chi connectivity index (χ2v) is 7.97. The molecule has 3 rings (SSSR count). The first-order valence-corrected chi connectivity index (χ1v) is 10.2. The summed E-state index contributed by atoms with van der Waals surface area (Å²) in [5.74, 6) is 2.27. The Morgan fingerprint density at radius 1 is 1.26 bits per heavy atom. The van der Waals surface area contributed by atoms with Crippen LogP contribution in [-0.4, -0.2) is 30.9 Å². The Hall–Kier alpha value is -2.28. The zero-order chi connectivity index (χ0) is 19.6. The van der Waals surface area contributed by atoms with E-state index in [1.165, 1.54) is 11.8 Å². The molecule has 0 spiro atoms. The number of ketones is 1. The van der Waals surface area contributed by atoms with Crippen molar-refractivity contribution in [2.45, 2.75) is 52.9 Å². The van der Waals surface area contributed by atoms with E-state index in [1.807, 2.05) is 36.6 Å². The van der Waals surface area contributed by atoms with Gasteiger partial charge >= 0.3 is 0 Å². The standard InChI is InChI=1S/C20H26N4O2S/c1-6-23-14(4)10-16(15(23)5)17(25)12-27-20-22-21-19(18-8-7-9-26-18)24(20)11-13(2)3/h7-10,13H,6,11-12H2,1-5H3. The second kappa shape index (κ2) is 8.17. The van der Waals surface area contributed by atoms with Crippen LogP contribution in [0.25, 0.3) is 11.6 Å². The van der Waals surface area contributed by atoms with E-state index in [9.17, 15) is 4.79 Å². The highest BCUT2D eigenvalue weighted by molar-refractivity contribution is 7.99. The summed E-state index contributed by atoms with van der Waals surface area (Å²) in [5, 5.41) is 9.35. The minimum absolute atomic E-state index is 0.117. The average molecular weight is 387 g/mol. The molecule has 3 heterocycles. The quantitative estimate of drug-likeness (QED) is 0.418. The van der Waals surface area contributed by atoms with Gasteiger partial charge in [-0.3, -0.25) is 9.36 Å². The Morgan fingerprint density at radius 3 is 2.63 bits per heavy atom.